The number of hydrogen-bond acceptors (Lipinski definition) is 3. The van der Waals surface area contributed by atoms with E-state index in [2.05, 4.69) is 10.1 Å². The molecule has 0 atom stereocenters. The molecule has 0 unspecified atom stereocenters. The average molecular weight is 472 g/mol. The van der Waals surface area contributed by atoms with Crippen LogP contribution >= 0.6 is 11.6 Å². The van der Waals surface area contributed by atoms with Gasteiger partial charge in [0.1, 0.15) is 17.9 Å². The number of alkyl halides is 3. The lowest BCUT2D eigenvalue weighted by atomic mass is 10.1. The van der Waals surface area contributed by atoms with Gasteiger partial charge in [-0.3, -0.25) is 4.98 Å². The van der Waals surface area contributed by atoms with Crippen LogP contribution in [0.5, 0.6) is 5.88 Å². The standard InChI is InChI=1S/C24H14ClF4N3O/c25-16-6-8-17(9-7-16)32-23(33-13-14-3-1-2-4-20(14)26)19-12-30-21-11-15(24(27,28)29)5-10-18(21)22(19)31-32/h1-12H,13H2. The Hall–Kier alpha value is -3.65. The Morgan fingerprint density at radius 3 is 2.42 bits per heavy atom. The molecular weight excluding hydrogens is 458 g/mol. The normalized spacial score (nSPS) is 11.9. The number of rotatable bonds is 4. The fourth-order valence-electron chi connectivity index (χ4n) is 3.54. The highest BCUT2D eigenvalue weighted by Crippen LogP contribution is 2.36. The molecule has 9 heteroatoms. The fourth-order valence-corrected chi connectivity index (χ4v) is 3.66. The predicted molar refractivity (Wildman–Crippen MR) is 117 cm³/mol. The summed E-state index contributed by atoms with van der Waals surface area (Å²) in [5.41, 5.74) is 0.721. The number of benzene rings is 3. The van der Waals surface area contributed by atoms with Gasteiger partial charge in [0.25, 0.3) is 0 Å². The molecule has 5 rings (SSSR count). The molecule has 0 saturated carbocycles. The molecule has 0 N–H and O–H groups in total. The molecule has 2 aromatic heterocycles. The minimum absolute atomic E-state index is 0.0773. The van der Waals surface area contributed by atoms with Gasteiger partial charge >= 0.3 is 6.18 Å². The monoisotopic (exact) mass is 471 g/mol. The van der Waals surface area contributed by atoms with E-state index in [1.165, 1.54) is 23.0 Å². The van der Waals surface area contributed by atoms with E-state index in [4.69, 9.17) is 16.3 Å². The van der Waals surface area contributed by atoms with Crippen LogP contribution in [0.15, 0.2) is 72.9 Å². The summed E-state index contributed by atoms with van der Waals surface area (Å²) in [4.78, 5) is 4.21. The summed E-state index contributed by atoms with van der Waals surface area (Å²) < 4.78 is 61.0. The van der Waals surface area contributed by atoms with Crippen LogP contribution < -0.4 is 4.74 Å². The second-order valence-electron chi connectivity index (χ2n) is 7.32. The first-order chi connectivity index (χ1) is 15.8. The lowest BCUT2D eigenvalue weighted by Crippen LogP contribution is -2.04. The molecule has 2 heterocycles. The van der Waals surface area contributed by atoms with Crippen LogP contribution in [0.2, 0.25) is 5.02 Å². The van der Waals surface area contributed by atoms with Crippen LogP contribution in [0.3, 0.4) is 0 Å². The molecule has 0 aliphatic carbocycles. The first-order valence-corrected chi connectivity index (χ1v) is 10.2. The lowest BCUT2D eigenvalue weighted by molar-refractivity contribution is -0.137. The van der Waals surface area contributed by atoms with Crippen molar-refractivity contribution in [3.05, 3.63) is 94.9 Å². The van der Waals surface area contributed by atoms with Crippen LogP contribution in [0.1, 0.15) is 11.1 Å². The van der Waals surface area contributed by atoms with E-state index in [1.54, 1.807) is 42.5 Å². The number of pyridine rings is 1. The number of aromatic nitrogens is 3. The van der Waals surface area contributed by atoms with Gasteiger partial charge < -0.3 is 4.74 Å². The van der Waals surface area contributed by atoms with Crippen molar-refractivity contribution in [2.45, 2.75) is 12.8 Å². The van der Waals surface area contributed by atoms with Crippen LogP contribution in [-0.4, -0.2) is 14.8 Å². The number of fused-ring (bicyclic) bond motifs is 3. The molecule has 0 bridgehead atoms. The van der Waals surface area contributed by atoms with Crippen molar-refractivity contribution in [3.63, 3.8) is 0 Å². The summed E-state index contributed by atoms with van der Waals surface area (Å²) in [6.45, 7) is -0.0773. The fraction of sp³-hybridized carbons (Fsp3) is 0.0833. The molecule has 0 aliphatic heterocycles. The third-order valence-corrected chi connectivity index (χ3v) is 5.44. The third kappa shape index (κ3) is 3.98. The number of hydrogen-bond donors (Lipinski definition) is 0. The van der Waals surface area contributed by atoms with E-state index in [0.29, 0.717) is 32.6 Å². The minimum Gasteiger partial charge on any atom is -0.472 e. The van der Waals surface area contributed by atoms with E-state index < -0.39 is 17.6 Å². The van der Waals surface area contributed by atoms with Gasteiger partial charge in [0.15, 0.2) is 0 Å². The Kier molecular flexibility index (Phi) is 5.17. The van der Waals surface area contributed by atoms with Crippen LogP contribution in [0.4, 0.5) is 17.6 Å². The van der Waals surface area contributed by atoms with Gasteiger partial charge in [-0.1, -0.05) is 29.8 Å². The van der Waals surface area contributed by atoms with Crippen molar-refractivity contribution in [2.24, 2.45) is 0 Å². The maximum atomic E-state index is 14.1. The zero-order valence-electron chi connectivity index (χ0n) is 16.8. The second-order valence-corrected chi connectivity index (χ2v) is 7.76. The molecule has 0 aliphatic rings. The summed E-state index contributed by atoms with van der Waals surface area (Å²) in [7, 11) is 0. The van der Waals surface area contributed by atoms with Crippen molar-refractivity contribution < 1.29 is 22.3 Å². The lowest BCUT2D eigenvalue weighted by Gasteiger charge is -2.10. The first kappa shape index (κ1) is 21.2. The highest BCUT2D eigenvalue weighted by Gasteiger charge is 2.31. The van der Waals surface area contributed by atoms with Crippen molar-refractivity contribution in [2.75, 3.05) is 0 Å². The van der Waals surface area contributed by atoms with Crippen LogP contribution in [0, 0.1) is 5.82 Å². The molecule has 3 aromatic carbocycles. The summed E-state index contributed by atoms with van der Waals surface area (Å²) >= 11 is 6.00. The van der Waals surface area contributed by atoms with E-state index in [1.807, 2.05) is 0 Å². The molecule has 166 valence electrons. The Morgan fingerprint density at radius 1 is 0.939 bits per heavy atom. The Balaban J connectivity index is 1.68. The smallest absolute Gasteiger partial charge is 0.416 e. The van der Waals surface area contributed by atoms with Gasteiger partial charge in [0.05, 0.1) is 22.2 Å². The number of ether oxygens (including phenoxy) is 1. The van der Waals surface area contributed by atoms with Crippen LogP contribution in [0.25, 0.3) is 27.5 Å². The van der Waals surface area contributed by atoms with Gasteiger partial charge in [-0.15, -0.1) is 0 Å². The molecule has 0 amide bonds. The SMILES string of the molecule is Fc1ccccc1COc1c2cnc3cc(C(F)(F)F)ccc3c2nn1-c1ccc(Cl)cc1. The summed E-state index contributed by atoms with van der Waals surface area (Å²) in [6, 6.07) is 16.3. The molecule has 5 aromatic rings. The minimum atomic E-state index is -4.48. The van der Waals surface area contributed by atoms with Crippen molar-refractivity contribution >= 4 is 33.4 Å². The third-order valence-electron chi connectivity index (χ3n) is 5.18. The highest BCUT2D eigenvalue weighted by atomic mass is 35.5. The van der Waals surface area contributed by atoms with Crippen molar-refractivity contribution in [3.8, 4) is 11.6 Å². The number of halogens is 5. The van der Waals surface area contributed by atoms with Gasteiger partial charge in [0, 0.05) is 22.2 Å². The summed E-state index contributed by atoms with van der Waals surface area (Å²) in [6.07, 6.45) is -3.07. The summed E-state index contributed by atoms with van der Waals surface area (Å²) in [5.74, 6) is -0.132. The van der Waals surface area contributed by atoms with Crippen LogP contribution in [-0.2, 0) is 12.8 Å². The first-order valence-electron chi connectivity index (χ1n) is 9.82. The van der Waals surface area contributed by atoms with Crippen molar-refractivity contribution in [1.82, 2.24) is 14.8 Å². The maximum Gasteiger partial charge on any atom is 0.416 e. The molecule has 0 spiro atoms. The van der Waals surface area contributed by atoms with Crippen molar-refractivity contribution in [1.29, 1.82) is 0 Å². The van der Waals surface area contributed by atoms with Gasteiger partial charge in [-0.05, 0) is 48.5 Å². The molecule has 0 fully saturated rings. The predicted octanol–water partition coefficient (Wildman–Crippen LogP) is 6.96. The summed E-state index contributed by atoms with van der Waals surface area (Å²) in [5, 5.41) is 6.04. The molecular formula is C24H14ClF4N3O. The molecule has 4 nitrogen and oxygen atoms in total. The highest BCUT2D eigenvalue weighted by molar-refractivity contribution is 6.30. The Morgan fingerprint density at radius 2 is 1.70 bits per heavy atom. The quantitative estimate of drug-likeness (QED) is 0.266. The Labute approximate surface area is 190 Å². The zero-order valence-corrected chi connectivity index (χ0v) is 17.5. The Bertz CT molecular complexity index is 1480. The largest absolute Gasteiger partial charge is 0.472 e. The average Bonchev–Trinajstić information content (AvgIpc) is 3.17. The van der Waals surface area contributed by atoms with Gasteiger partial charge in [-0.25, -0.2) is 4.39 Å². The van der Waals surface area contributed by atoms with E-state index >= 15 is 0 Å². The van der Waals surface area contributed by atoms with E-state index in [0.717, 1.165) is 12.1 Å². The number of nitrogens with zero attached hydrogens (tertiary/aromatic N) is 3. The maximum absolute atomic E-state index is 14.1. The zero-order chi connectivity index (χ0) is 23.2. The molecule has 33 heavy (non-hydrogen) atoms. The van der Waals surface area contributed by atoms with Gasteiger partial charge in [-0.2, -0.15) is 23.0 Å². The van der Waals surface area contributed by atoms with Gasteiger partial charge in [0.2, 0.25) is 5.88 Å². The topological polar surface area (TPSA) is 39.9 Å². The molecule has 0 saturated heterocycles. The van der Waals surface area contributed by atoms with E-state index in [9.17, 15) is 17.6 Å². The second kappa shape index (κ2) is 8.04. The molecule has 0 radical (unpaired) electrons. The van der Waals surface area contributed by atoms with E-state index in [-0.39, 0.29) is 18.0 Å².